The second-order valence-electron chi connectivity index (χ2n) is 4.35. The van der Waals surface area contributed by atoms with Crippen molar-refractivity contribution in [3.63, 3.8) is 0 Å². The summed E-state index contributed by atoms with van der Waals surface area (Å²) in [5, 5.41) is 18.6. The highest BCUT2D eigenvalue weighted by Gasteiger charge is 2.13. The second-order valence-corrected chi connectivity index (χ2v) is 4.35. The molecule has 0 aliphatic carbocycles. The summed E-state index contributed by atoms with van der Waals surface area (Å²) >= 11 is 0. The van der Waals surface area contributed by atoms with Gasteiger partial charge in [-0.3, -0.25) is 4.79 Å². The van der Waals surface area contributed by atoms with Crippen LogP contribution in [0.25, 0.3) is 0 Å². The van der Waals surface area contributed by atoms with Crippen LogP contribution >= 0.6 is 0 Å². The van der Waals surface area contributed by atoms with Crippen LogP contribution in [-0.4, -0.2) is 16.2 Å². The first-order chi connectivity index (χ1) is 7.43. The van der Waals surface area contributed by atoms with E-state index in [0.29, 0.717) is 6.42 Å². The summed E-state index contributed by atoms with van der Waals surface area (Å²) < 4.78 is 0. The third kappa shape index (κ3) is 2.75. The summed E-state index contributed by atoms with van der Waals surface area (Å²) in [7, 11) is 0. The minimum absolute atomic E-state index is 0.0523. The standard InChI is InChI=1S/C13H18O3/c1-8(2)10-5-4-9(3)13(16)11(10)6-7-12(14)15/h4-5,8,16H,6-7H2,1-3H3,(H,14,15). The molecule has 0 atom stereocenters. The molecule has 3 nitrogen and oxygen atoms in total. The number of hydrogen-bond acceptors (Lipinski definition) is 2. The smallest absolute Gasteiger partial charge is 0.303 e. The molecule has 1 aromatic rings. The highest BCUT2D eigenvalue weighted by atomic mass is 16.4. The van der Waals surface area contributed by atoms with Crippen molar-refractivity contribution in [2.24, 2.45) is 0 Å². The number of hydrogen-bond donors (Lipinski definition) is 2. The molecule has 3 heteroatoms. The van der Waals surface area contributed by atoms with Gasteiger partial charge in [0.25, 0.3) is 0 Å². The molecule has 0 saturated carbocycles. The number of aromatic hydroxyl groups is 1. The monoisotopic (exact) mass is 222 g/mol. The lowest BCUT2D eigenvalue weighted by molar-refractivity contribution is -0.136. The van der Waals surface area contributed by atoms with Crippen molar-refractivity contribution in [3.05, 3.63) is 28.8 Å². The highest BCUT2D eigenvalue weighted by Crippen LogP contribution is 2.31. The average molecular weight is 222 g/mol. The van der Waals surface area contributed by atoms with Crippen LogP contribution in [0.2, 0.25) is 0 Å². The van der Waals surface area contributed by atoms with Crippen LogP contribution < -0.4 is 0 Å². The summed E-state index contributed by atoms with van der Waals surface area (Å²) in [6, 6.07) is 3.84. The Hall–Kier alpha value is -1.51. The van der Waals surface area contributed by atoms with Gasteiger partial charge in [0.05, 0.1) is 0 Å². The van der Waals surface area contributed by atoms with E-state index in [1.165, 1.54) is 0 Å². The van der Waals surface area contributed by atoms with Crippen LogP contribution in [0.5, 0.6) is 5.75 Å². The van der Waals surface area contributed by atoms with Gasteiger partial charge in [-0.2, -0.15) is 0 Å². The molecule has 0 heterocycles. The molecular formula is C13H18O3. The Bertz CT molecular complexity index is 394. The summed E-state index contributed by atoms with van der Waals surface area (Å²) in [6.45, 7) is 5.90. The zero-order chi connectivity index (χ0) is 12.3. The van der Waals surface area contributed by atoms with Gasteiger partial charge in [0, 0.05) is 6.42 Å². The largest absolute Gasteiger partial charge is 0.507 e. The van der Waals surface area contributed by atoms with Gasteiger partial charge in [-0.25, -0.2) is 0 Å². The van der Waals surface area contributed by atoms with Gasteiger partial charge >= 0.3 is 5.97 Å². The first-order valence-corrected chi connectivity index (χ1v) is 5.46. The second kappa shape index (κ2) is 5.01. The van der Waals surface area contributed by atoms with E-state index >= 15 is 0 Å². The van der Waals surface area contributed by atoms with Crippen molar-refractivity contribution in [2.75, 3.05) is 0 Å². The van der Waals surface area contributed by atoms with Gasteiger partial charge in [0.15, 0.2) is 0 Å². The van der Waals surface area contributed by atoms with Crippen LogP contribution in [0, 0.1) is 6.92 Å². The van der Waals surface area contributed by atoms with Crippen molar-refractivity contribution in [1.29, 1.82) is 0 Å². The van der Waals surface area contributed by atoms with E-state index < -0.39 is 5.97 Å². The molecule has 0 aromatic heterocycles. The van der Waals surface area contributed by atoms with Crippen LogP contribution in [0.1, 0.15) is 42.9 Å². The van der Waals surface area contributed by atoms with Gasteiger partial charge in [0.2, 0.25) is 0 Å². The Morgan fingerprint density at radius 1 is 1.38 bits per heavy atom. The fourth-order valence-electron chi connectivity index (χ4n) is 1.80. The van der Waals surface area contributed by atoms with Gasteiger partial charge in [-0.1, -0.05) is 26.0 Å². The molecule has 0 bridgehead atoms. The molecule has 0 amide bonds. The van der Waals surface area contributed by atoms with E-state index in [-0.39, 0.29) is 18.1 Å². The maximum atomic E-state index is 10.6. The zero-order valence-electron chi connectivity index (χ0n) is 9.95. The van der Waals surface area contributed by atoms with E-state index in [1.54, 1.807) is 0 Å². The summed E-state index contributed by atoms with van der Waals surface area (Å²) in [5.74, 6) is -0.307. The first kappa shape index (κ1) is 12.6. The highest BCUT2D eigenvalue weighted by molar-refractivity contribution is 5.67. The fourth-order valence-corrected chi connectivity index (χ4v) is 1.80. The first-order valence-electron chi connectivity index (χ1n) is 5.46. The summed E-state index contributed by atoms with van der Waals surface area (Å²) in [5.41, 5.74) is 2.60. The molecule has 0 radical (unpaired) electrons. The quantitative estimate of drug-likeness (QED) is 0.823. The van der Waals surface area contributed by atoms with Gasteiger partial charge in [-0.05, 0) is 36.0 Å². The molecule has 88 valence electrons. The Morgan fingerprint density at radius 2 is 2.00 bits per heavy atom. The van der Waals surface area contributed by atoms with Gasteiger partial charge < -0.3 is 10.2 Å². The molecule has 0 saturated heterocycles. The van der Waals surface area contributed by atoms with Gasteiger partial charge in [0.1, 0.15) is 5.75 Å². The SMILES string of the molecule is Cc1ccc(C(C)C)c(CCC(=O)O)c1O. The molecule has 0 unspecified atom stereocenters. The van der Waals surface area contributed by atoms with Crippen molar-refractivity contribution in [2.45, 2.75) is 39.5 Å². The number of carboxylic acid groups (broad SMARTS) is 1. The molecule has 2 N–H and O–H groups in total. The number of phenolic OH excluding ortho intramolecular Hbond substituents is 1. The Kier molecular flexibility index (Phi) is 3.93. The number of carbonyl (C=O) groups is 1. The number of aryl methyl sites for hydroxylation is 1. The predicted octanol–water partition coefficient (Wildman–Crippen LogP) is 2.84. The van der Waals surface area contributed by atoms with E-state index in [9.17, 15) is 9.90 Å². The number of aliphatic carboxylic acids is 1. The lowest BCUT2D eigenvalue weighted by Crippen LogP contribution is -2.03. The average Bonchev–Trinajstić information content (AvgIpc) is 2.19. The van der Waals surface area contributed by atoms with E-state index in [2.05, 4.69) is 0 Å². The fraction of sp³-hybridized carbons (Fsp3) is 0.462. The number of benzene rings is 1. The van der Waals surface area contributed by atoms with Gasteiger partial charge in [-0.15, -0.1) is 0 Å². The van der Waals surface area contributed by atoms with Crippen LogP contribution in [0.15, 0.2) is 12.1 Å². The topological polar surface area (TPSA) is 57.5 Å². The van der Waals surface area contributed by atoms with Crippen molar-refractivity contribution in [3.8, 4) is 5.75 Å². The maximum absolute atomic E-state index is 10.6. The minimum Gasteiger partial charge on any atom is -0.507 e. The molecular weight excluding hydrogens is 204 g/mol. The van der Waals surface area contributed by atoms with E-state index in [4.69, 9.17) is 5.11 Å². The zero-order valence-corrected chi connectivity index (χ0v) is 9.95. The lowest BCUT2D eigenvalue weighted by atomic mass is 9.92. The van der Waals surface area contributed by atoms with Crippen molar-refractivity contribution in [1.82, 2.24) is 0 Å². The molecule has 1 aromatic carbocycles. The molecule has 16 heavy (non-hydrogen) atoms. The predicted molar refractivity (Wildman–Crippen MR) is 62.9 cm³/mol. The Balaban J connectivity index is 3.10. The normalized spacial score (nSPS) is 10.8. The van der Waals surface area contributed by atoms with Crippen LogP contribution in [-0.2, 0) is 11.2 Å². The summed E-state index contributed by atoms with van der Waals surface area (Å²) in [4.78, 5) is 10.6. The lowest BCUT2D eigenvalue weighted by Gasteiger charge is -2.15. The minimum atomic E-state index is -0.837. The molecule has 0 aliphatic rings. The van der Waals surface area contributed by atoms with Crippen molar-refractivity contribution < 1.29 is 15.0 Å². The number of rotatable bonds is 4. The number of phenols is 1. The molecule has 0 fully saturated rings. The Labute approximate surface area is 95.7 Å². The third-order valence-corrected chi connectivity index (χ3v) is 2.73. The maximum Gasteiger partial charge on any atom is 0.303 e. The third-order valence-electron chi connectivity index (χ3n) is 2.73. The molecule has 1 rings (SSSR count). The van der Waals surface area contributed by atoms with Crippen molar-refractivity contribution >= 4 is 5.97 Å². The molecule has 0 spiro atoms. The van der Waals surface area contributed by atoms with Crippen LogP contribution in [0.3, 0.4) is 0 Å². The number of carboxylic acids is 1. The van der Waals surface area contributed by atoms with Crippen LogP contribution in [0.4, 0.5) is 0 Å². The van der Waals surface area contributed by atoms with E-state index in [0.717, 1.165) is 16.7 Å². The Morgan fingerprint density at radius 3 is 2.50 bits per heavy atom. The molecule has 0 aliphatic heterocycles. The van der Waals surface area contributed by atoms with E-state index in [1.807, 2.05) is 32.9 Å². The summed E-state index contributed by atoms with van der Waals surface area (Å²) in [6.07, 6.45) is 0.438.